The quantitative estimate of drug-likeness (QED) is 0.770. The van der Waals surface area contributed by atoms with E-state index in [1.165, 1.54) is 19.3 Å². The molecule has 3 fully saturated rings. The number of likely N-dealkylation sites (tertiary alicyclic amines) is 1. The van der Waals surface area contributed by atoms with Crippen LogP contribution in [0, 0.1) is 12.8 Å². The van der Waals surface area contributed by atoms with Crippen LogP contribution in [0.3, 0.4) is 0 Å². The zero-order valence-electron chi connectivity index (χ0n) is 18.3. The van der Waals surface area contributed by atoms with Crippen molar-refractivity contribution in [3.8, 4) is 0 Å². The molecule has 0 bridgehead atoms. The number of hydrogen-bond donors (Lipinski definition) is 2. The van der Waals surface area contributed by atoms with Crippen molar-refractivity contribution in [1.29, 1.82) is 0 Å². The summed E-state index contributed by atoms with van der Waals surface area (Å²) in [5.74, 6) is 1.20. The molecule has 3 aliphatic rings. The molecule has 3 heterocycles. The van der Waals surface area contributed by atoms with E-state index in [0.29, 0.717) is 12.1 Å². The summed E-state index contributed by atoms with van der Waals surface area (Å²) in [6, 6.07) is 3.16. The van der Waals surface area contributed by atoms with Crippen molar-refractivity contribution in [2.75, 3.05) is 31.6 Å². The Morgan fingerprint density at radius 3 is 2.57 bits per heavy atom. The van der Waals surface area contributed by atoms with Gasteiger partial charge in [0, 0.05) is 56.2 Å². The fourth-order valence-electron chi connectivity index (χ4n) is 5.21. The van der Waals surface area contributed by atoms with E-state index < -0.39 is 0 Å². The predicted octanol–water partition coefficient (Wildman–Crippen LogP) is 2.91. The SMILES string of the molecule is Cc1cc(N[C@H]2CC[C@@H](C(=O)NC3CCCCC3)CN(C3CCOCC3)C2)ncn1. The number of nitrogens with zero attached hydrogens (tertiary/aromatic N) is 3. The van der Waals surface area contributed by atoms with E-state index >= 15 is 0 Å². The number of aromatic nitrogens is 2. The number of rotatable bonds is 5. The lowest BCUT2D eigenvalue weighted by molar-refractivity contribution is -0.126. The molecule has 2 saturated heterocycles. The maximum atomic E-state index is 13.2. The Hall–Kier alpha value is -1.73. The van der Waals surface area contributed by atoms with Gasteiger partial charge in [-0.3, -0.25) is 9.69 Å². The van der Waals surface area contributed by atoms with Gasteiger partial charge in [0.05, 0.1) is 5.92 Å². The average Bonchev–Trinajstić information content (AvgIpc) is 2.98. The van der Waals surface area contributed by atoms with Crippen LogP contribution in [-0.2, 0) is 9.53 Å². The third-order valence-corrected chi connectivity index (χ3v) is 6.96. The molecule has 1 aromatic rings. The third-order valence-electron chi connectivity index (χ3n) is 6.96. The Labute approximate surface area is 180 Å². The maximum Gasteiger partial charge on any atom is 0.224 e. The summed E-state index contributed by atoms with van der Waals surface area (Å²) >= 11 is 0. The highest BCUT2D eigenvalue weighted by Gasteiger charge is 2.33. The number of carbonyl (C=O) groups excluding carboxylic acids is 1. The van der Waals surface area contributed by atoms with Gasteiger partial charge in [-0.15, -0.1) is 0 Å². The standard InChI is InChI=1S/C23H37N5O2/c1-17-13-22(25-16-24-17)26-20-8-7-18(23(29)27-19-5-3-2-4-6-19)14-28(15-20)21-9-11-30-12-10-21/h13,16,18-21H,2-12,14-15H2,1H3,(H,27,29)(H,24,25,26)/t18-,20+/m1/s1. The number of aryl methyl sites for hydroxylation is 1. The Balaban J connectivity index is 1.43. The molecule has 4 rings (SSSR count). The van der Waals surface area contributed by atoms with Crippen LogP contribution in [0.1, 0.15) is 63.5 Å². The fourth-order valence-corrected chi connectivity index (χ4v) is 5.21. The molecule has 1 amide bonds. The zero-order chi connectivity index (χ0) is 20.8. The van der Waals surface area contributed by atoms with Crippen LogP contribution in [0.4, 0.5) is 5.82 Å². The minimum absolute atomic E-state index is 0.0636. The zero-order valence-corrected chi connectivity index (χ0v) is 18.3. The number of anilines is 1. The van der Waals surface area contributed by atoms with Gasteiger partial charge in [-0.05, 0) is 45.4 Å². The van der Waals surface area contributed by atoms with Crippen molar-refractivity contribution in [3.05, 3.63) is 18.1 Å². The van der Waals surface area contributed by atoms with Crippen LogP contribution in [-0.4, -0.2) is 65.2 Å². The van der Waals surface area contributed by atoms with Gasteiger partial charge >= 0.3 is 0 Å². The van der Waals surface area contributed by atoms with E-state index in [1.54, 1.807) is 6.33 Å². The Morgan fingerprint density at radius 2 is 1.80 bits per heavy atom. The topological polar surface area (TPSA) is 79.4 Å². The fraction of sp³-hybridized carbons (Fsp3) is 0.783. The van der Waals surface area contributed by atoms with Crippen LogP contribution in [0.25, 0.3) is 0 Å². The minimum Gasteiger partial charge on any atom is -0.381 e. The number of hydrogen-bond acceptors (Lipinski definition) is 6. The van der Waals surface area contributed by atoms with Gasteiger partial charge in [-0.2, -0.15) is 0 Å². The normalized spacial score (nSPS) is 27.4. The number of carbonyl (C=O) groups is 1. The van der Waals surface area contributed by atoms with Crippen molar-refractivity contribution < 1.29 is 9.53 Å². The second kappa shape index (κ2) is 10.5. The molecule has 2 atom stereocenters. The van der Waals surface area contributed by atoms with Crippen LogP contribution >= 0.6 is 0 Å². The van der Waals surface area contributed by atoms with Crippen LogP contribution in [0.5, 0.6) is 0 Å². The molecule has 0 aromatic carbocycles. The molecule has 1 saturated carbocycles. The van der Waals surface area contributed by atoms with Gasteiger partial charge in [0.15, 0.2) is 0 Å². The Morgan fingerprint density at radius 1 is 1.00 bits per heavy atom. The lowest BCUT2D eigenvalue weighted by Crippen LogP contribution is -2.48. The highest BCUT2D eigenvalue weighted by Crippen LogP contribution is 2.26. The second-order valence-corrected chi connectivity index (χ2v) is 9.30. The van der Waals surface area contributed by atoms with Crippen LogP contribution < -0.4 is 10.6 Å². The first-order valence-corrected chi connectivity index (χ1v) is 11.8. The summed E-state index contributed by atoms with van der Waals surface area (Å²) in [4.78, 5) is 24.3. The molecule has 1 aromatic heterocycles. The Bertz CT molecular complexity index is 688. The summed E-state index contributed by atoms with van der Waals surface area (Å²) in [5, 5.41) is 7.00. The first kappa shape index (κ1) is 21.5. The van der Waals surface area contributed by atoms with E-state index in [9.17, 15) is 4.79 Å². The van der Waals surface area contributed by atoms with Crippen LogP contribution in [0.2, 0.25) is 0 Å². The Kier molecular flexibility index (Phi) is 7.55. The van der Waals surface area contributed by atoms with Crippen molar-refractivity contribution in [2.24, 2.45) is 5.92 Å². The molecule has 2 N–H and O–H groups in total. The number of amides is 1. The summed E-state index contributed by atoms with van der Waals surface area (Å²) < 4.78 is 5.59. The molecule has 7 heteroatoms. The first-order valence-electron chi connectivity index (χ1n) is 11.8. The van der Waals surface area contributed by atoms with Gasteiger partial charge in [0.2, 0.25) is 5.91 Å². The van der Waals surface area contributed by atoms with E-state index in [0.717, 1.165) is 76.3 Å². The van der Waals surface area contributed by atoms with Crippen molar-refractivity contribution in [2.45, 2.75) is 82.8 Å². The summed E-state index contributed by atoms with van der Waals surface area (Å²) in [5.41, 5.74) is 0.965. The average molecular weight is 416 g/mol. The molecule has 2 aliphatic heterocycles. The number of ether oxygens (including phenoxy) is 1. The van der Waals surface area contributed by atoms with E-state index in [-0.39, 0.29) is 17.9 Å². The second-order valence-electron chi connectivity index (χ2n) is 9.30. The first-order chi connectivity index (χ1) is 14.7. The van der Waals surface area contributed by atoms with E-state index in [1.807, 2.05) is 13.0 Å². The van der Waals surface area contributed by atoms with Gasteiger partial charge in [0.25, 0.3) is 0 Å². The van der Waals surface area contributed by atoms with E-state index in [4.69, 9.17) is 4.74 Å². The van der Waals surface area contributed by atoms with Gasteiger partial charge in [-0.1, -0.05) is 19.3 Å². The third kappa shape index (κ3) is 5.91. The summed E-state index contributed by atoms with van der Waals surface area (Å²) in [6.45, 7) is 5.43. The molecule has 30 heavy (non-hydrogen) atoms. The largest absolute Gasteiger partial charge is 0.381 e. The highest BCUT2D eigenvalue weighted by atomic mass is 16.5. The summed E-state index contributed by atoms with van der Waals surface area (Å²) in [7, 11) is 0. The molecular weight excluding hydrogens is 378 g/mol. The van der Waals surface area contributed by atoms with Crippen molar-refractivity contribution in [3.63, 3.8) is 0 Å². The lowest BCUT2D eigenvalue weighted by Gasteiger charge is -2.36. The van der Waals surface area contributed by atoms with Crippen LogP contribution in [0.15, 0.2) is 12.4 Å². The van der Waals surface area contributed by atoms with Gasteiger partial charge in [-0.25, -0.2) is 9.97 Å². The van der Waals surface area contributed by atoms with Crippen molar-refractivity contribution in [1.82, 2.24) is 20.2 Å². The highest BCUT2D eigenvalue weighted by molar-refractivity contribution is 5.79. The molecular formula is C23H37N5O2. The predicted molar refractivity (Wildman–Crippen MR) is 117 cm³/mol. The molecule has 0 unspecified atom stereocenters. The lowest BCUT2D eigenvalue weighted by atomic mass is 9.94. The minimum atomic E-state index is 0.0636. The molecule has 7 nitrogen and oxygen atoms in total. The molecule has 166 valence electrons. The van der Waals surface area contributed by atoms with Crippen molar-refractivity contribution >= 4 is 11.7 Å². The van der Waals surface area contributed by atoms with E-state index in [2.05, 4.69) is 25.5 Å². The smallest absolute Gasteiger partial charge is 0.224 e. The summed E-state index contributed by atoms with van der Waals surface area (Å²) in [6.07, 6.45) is 11.7. The molecule has 0 radical (unpaired) electrons. The molecule has 1 aliphatic carbocycles. The monoisotopic (exact) mass is 415 g/mol. The maximum absolute atomic E-state index is 13.2. The van der Waals surface area contributed by atoms with Gasteiger partial charge < -0.3 is 15.4 Å². The molecule has 0 spiro atoms. The number of nitrogens with one attached hydrogen (secondary N) is 2. The van der Waals surface area contributed by atoms with Gasteiger partial charge in [0.1, 0.15) is 12.1 Å².